The first-order valence-electron chi connectivity index (χ1n) is 8.71. The maximum atomic E-state index is 12.5. The quantitative estimate of drug-likeness (QED) is 0.867. The molecule has 25 heavy (non-hydrogen) atoms. The van der Waals surface area contributed by atoms with Crippen molar-refractivity contribution in [3.05, 3.63) is 39.4 Å². The van der Waals surface area contributed by atoms with Crippen LogP contribution in [0.25, 0.3) is 0 Å². The highest BCUT2D eigenvalue weighted by atomic mass is 16.5. The third-order valence-corrected chi connectivity index (χ3v) is 4.95. The number of carbonyl (C=O) groups is 1. The summed E-state index contributed by atoms with van der Waals surface area (Å²) in [5.41, 5.74) is 2.21. The first-order valence-corrected chi connectivity index (χ1v) is 8.71. The minimum absolute atomic E-state index is 0.0498. The van der Waals surface area contributed by atoms with Crippen LogP contribution >= 0.6 is 0 Å². The number of amides is 2. The zero-order chi connectivity index (χ0) is 17.4. The van der Waals surface area contributed by atoms with Crippen LogP contribution in [0.3, 0.4) is 0 Å². The molecule has 1 fully saturated rings. The molecule has 2 aliphatic rings. The van der Waals surface area contributed by atoms with Gasteiger partial charge in [-0.2, -0.15) is 4.98 Å². The Hall–Kier alpha value is -2.64. The Morgan fingerprint density at radius 1 is 1.40 bits per heavy atom. The number of H-pyrrole nitrogens is 1. The Balaban J connectivity index is 1.45. The Bertz CT molecular complexity index is 856. The van der Waals surface area contributed by atoms with Gasteiger partial charge >= 0.3 is 6.03 Å². The minimum Gasteiger partial charge on any atom is -0.339 e. The molecular weight excluding hydrogens is 322 g/mol. The molecule has 0 radical (unpaired) electrons. The predicted molar refractivity (Wildman–Crippen MR) is 90.7 cm³/mol. The predicted octanol–water partition coefficient (Wildman–Crippen LogP) is 1.97. The van der Waals surface area contributed by atoms with Gasteiger partial charge in [0.1, 0.15) is 5.69 Å². The van der Waals surface area contributed by atoms with E-state index in [-0.39, 0.29) is 17.5 Å². The number of urea groups is 1. The molecule has 1 aliphatic carbocycles. The summed E-state index contributed by atoms with van der Waals surface area (Å²) in [7, 11) is 0. The molecule has 2 aromatic rings. The Morgan fingerprint density at radius 3 is 3.04 bits per heavy atom. The van der Waals surface area contributed by atoms with Crippen LogP contribution in [0.4, 0.5) is 10.5 Å². The van der Waals surface area contributed by atoms with Gasteiger partial charge in [-0.25, -0.2) is 4.79 Å². The Kier molecular flexibility index (Phi) is 4.03. The highest BCUT2D eigenvalue weighted by Crippen LogP contribution is 2.26. The van der Waals surface area contributed by atoms with Crippen molar-refractivity contribution >= 4 is 11.7 Å². The van der Waals surface area contributed by atoms with Crippen LogP contribution in [0.2, 0.25) is 0 Å². The van der Waals surface area contributed by atoms with Crippen molar-refractivity contribution in [1.29, 1.82) is 0 Å². The van der Waals surface area contributed by atoms with E-state index in [1.54, 1.807) is 11.8 Å². The van der Waals surface area contributed by atoms with Gasteiger partial charge in [0.15, 0.2) is 5.82 Å². The molecule has 1 atom stereocenters. The number of aromatic amines is 1. The Labute approximate surface area is 144 Å². The largest absolute Gasteiger partial charge is 0.339 e. The molecule has 1 saturated heterocycles. The molecule has 8 heteroatoms. The van der Waals surface area contributed by atoms with Crippen molar-refractivity contribution in [2.75, 3.05) is 18.4 Å². The SMILES string of the molecule is Cc1noc(C2CCN(C(=O)Nc3cc4c([nH]c3=O)CCCC4)C2)n1. The standard InChI is InChI=1S/C17H21N5O3/c1-10-18-16(25-21-10)12-6-7-22(9-12)17(24)20-14-8-11-4-2-3-5-13(11)19-15(14)23/h8,12H,2-7,9H2,1H3,(H,19,23)(H,20,24). The maximum Gasteiger partial charge on any atom is 0.322 e. The van der Waals surface area contributed by atoms with Gasteiger partial charge in [0.05, 0.1) is 5.92 Å². The minimum atomic E-state index is -0.264. The summed E-state index contributed by atoms with van der Waals surface area (Å²) < 4.78 is 5.20. The van der Waals surface area contributed by atoms with E-state index in [1.807, 2.05) is 6.07 Å². The molecule has 3 heterocycles. The summed E-state index contributed by atoms with van der Waals surface area (Å²) in [5, 5.41) is 6.56. The highest BCUT2D eigenvalue weighted by molar-refractivity contribution is 5.89. The van der Waals surface area contributed by atoms with Crippen molar-refractivity contribution in [1.82, 2.24) is 20.0 Å². The Morgan fingerprint density at radius 2 is 2.24 bits per heavy atom. The van der Waals surface area contributed by atoms with E-state index in [1.165, 1.54) is 0 Å². The molecule has 2 amide bonds. The number of nitrogens with zero attached hydrogens (tertiary/aromatic N) is 3. The fourth-order valence-corrected chi connectivity index (χ4v) is 3.59. The highest BCUT2D eigenvalue weighted by Gasteiger charge is 2.31. The van der Waals surface area contributed by atoms with Crippen molar-refractivity contribution in [2.45, 2.75) is 44.9 Å². The molecular formula is C17H21N5O3. The van der Waals surface area contributed by atoms with Crippen LogP contribution in [0.1, 0.15) is 48.2 Å². The van der Waals surface area contributed by atoms with Crippen LogP contribution in [0.5, 0.6) is 0 Å². The topological polar surface area (TPSA) is 104 Å². The van der Waals surface area contributed by atoms with Crippen LogP contribution in [0.15, 0.2) is 15.4 Å². The summed E-state index contributed by atoms with van der Waals surface area (Å²) in [6, 6.07) is 1.56. The number of pyridine rings is 1. The summed E-state index contributed by atoms with van der Waals surface area (Å²) in [6.07, 6.45) is 4.83. The van der Waals surface area contributed by atoms with E-state index in [4.69, 9.17) is 4.52 Å². The van der Waals surface area contributed by atoms with Gasteiger partial charge in [-0.3, -0.25) is 4.79 Å². The van der Waals surface area contributed by atoms with Gasteiger partial charge in [-0.1, -0.05) is 5.16 Å². The van der Waals surface area contributed by atoms with E-state index in [0.29, 0.717) is 30.5 Å². The number of likely N-dealkylation sites (tertiary alicyclic amines) is 1. The average Bonchev–Trinajstić information content (AvgIpc) is 3.24. The molecule has 132 valence electrons. The monoisotopic (exact) mass is 343 g/mol. The molecule has 2 aromatic heterocycles. The van der Waals surface area contributed by atoms with Crippen LogP contribution < -0.4 is 10.9 Å². The van der Waals surface area contributed by atoms with Gasteiger partial charge in [-0.15, -0.1) is 0 Å². The molecule has 2 N–H and O–H groups in total. The second kappa shape index (κ2) is 6.34. The fourth-order valence-electron chi connectivity index (χ4n) is 3.59. The summed E-state index contributed by atoms with van der Waals surface area (Å²) in [5.74, 6) is 1.21. The lowest BCUT2D eigenvalue weighted by Crippen LogP contribution is -2.35. The molecule has 8 nitrogen and oxygen atoms in total. The average molecular weight is 343 g/mol. The lowest BCUT2D eigenvalue weighted by molar-refractivity contribution is 0.221. The molecule has 0 aromatic carbocycles. The maximum absolute atomic E-state index is 12.5. The number of rotatable bonds is 2. The molecule has 0 bridgehead atoms. The fraction of sp³-hybridized carbons (Fsp3) is 0.529. The number of fused-ring (bicyclic) bond motifs is 1. The second-order valence-electron chi connectivity index (χ2n) is 6.76. The second-order valence-corrected chi connectivity index (χ2v) is 6.76. The van der Waals surface area contributed by atoms with Crippen LogP contribution in [0, 0.1) is 6.92 Å². The molecule has 4 rings (SSSR count). The van der Waals surface area contributed by atoms with Gasteiger partial charge < -0.3 is 19.7 Å². The molecule has 1 unspecified atom stereocenters. The number of hydrogen-bond acceptors (Lipinski definition) is 5. The van der Waals surface area contributed by atoms with E-state index in [2.05, 4.69) is 20.4 Å². The first-order chi connectivity index (χ1) is 12.1. The number of hydrogen-bond donors (Lipinski definition) is 2. The van der Waals surface area contributed by atoms with Gasteiger partial charge in [-0.05, 0) is 50.7 Å². The zero-order valence-corrected chi connectivity index (χ0v) is 14.2. The zero-order valence-electron chi connectivity index (χ0n) is 14.2. The molecule has 0 saturated carbocycles. The van der Waals surface area contributed by atoms with Crippen molar-refractivity contribution in [3.8, 4) is 0 Å². The van der Waals surface area contributed by atoms with Crippen molar-refractivity contribution < 1.29 is 9.32 Å². The normalized spacial score (nSPS) is 19.7. The van der Waals surface area contributed by atoms with Crippen LogP contribution in [-0.2, 0) is 12.8 Å². The van der Waals surface area contributed by atoms with Crippen LogP contribution in [-0.4, -0.2) is 39.1 Å². The third kappa shape index (κ3) is 3.16. The first kappa shape index (κ1) is 15.9. The molecule has 1 aliphatic heterocycles. The third-order valence-electron chi connectivity index (χ3n) is 4.95. The molecule has 0 spiro atoms. The van der Waals surface area contributed by atoms with E-state index >= 15 is 0 Å². The van der Waals surface area contributed by atoms with E-state index in [0.717, 1.165) is 43.4 Å². The van der Waals surface area contributed by atoms with Crippen molar-refractivity contribution in [3.63, 3.8) is 0 Å². The summed E-state index contributed by atoms with van der Waals surface area (Å²) >= 11 is 0. The lowest BCUT2D eigenvalue weighted by atomic mass is 9.96. The number of aromatic nitrogens is 3. The summed E-state index contributed by atoms with van der Waals surface area (Å²) in [4.78, 5) is 33.6. The smallest absolute Gasteiger partial charge is 0.322 e. The number of carbonyl (C=O) groups excluding carboxylic acids is 1. The van der Waals surface area contributed by atoms with Gasteiger partial charge in [0.25, 0.3) is 5.56 Å². The van der Waals surface area contributed by atoms with Crippen molar-refractivity contribution in [2.24, 2.45) is 0 Å². The summed E-state index contributed by atoms with van der Waals surface area (Å²) in [6.45, 7) is 2.88. The lowest BCUT2D eigenvalue weighted by Gasteiger charge is -2.19. The van der Waals surface area contributed by atoms with E-state index < -0.39 is 0 Å². The number of anilines is 1. The van der Waals surface area contributed by atoms with Gasteiger partial charge in [0, 0.05) is 18.8 Å². The van der Waals surface area contributed by atoms with E-state index in [9.17, 15) is 9.59 Å². The number of nitrogens with one attached hydrogen (secondary N) is 2. The number of aryl methyl sites for hydroxylation is 3. The van der Waals surface area contributed by atoms with Gasteiger partial charge in [0.2, 0.25) is 5.89 Å².